The number of aliphatic hydroxyl groups excluding tert-OH is 1. The minimum absolute atomic E-state index is 0.0502. The molecule has 0 spiro atoms. The molecule has 1 saturated heterocycles. The SMILES string of the molecule is COCc1nc(CN2C(=O)NCC2[C@@H](C(=O)N[C@@H](Cc2ccccc2)[C@H](O)CNS(=O)(=O)c2ccc(CN=O)cc2CC2CCC2)C(C)C)cs1. The number of aromatic nitrogens is 1. The number of nitrogens with zero attached hydrogens (tertiary/aromatic N) is 3. The summed E-state index contributed by atoms with van der Waals surface area (Å²) >= 11 is 1.44. The van der Waals surface area contributed by atoms with Crippen LogP contribution in [0.15, 0.2) is 64.0 Å². The van der Waals surface area contributed by atoms with Gasteiger partial charge in [0.1, 0.15) is 11.6 Å². The van der Waals surface area contributed by atoms with Crippen molar-refractivity contribution in [3.63, 3.8) is 0 Å². The Balaban J connectivity index is 1.33. The van der Waals surface area contributed by atoms with Crippen molar-refractivity contribution in [2.75, 3.05) is 20.2 Å². The largest absolute Gasteiger partial charge is 0.390 e. The molecule has 2 heterocycles. The minimum atomic E-state index is -4.07. The topological polar surface area (TPSA) is 179 Å². The normalized spacial score (nSPS) is 18.3. The van der Waals surface area contributed by atoms with Gasteiger partial charge in [0.15, 0.2) is 0 Å². The molecule has 1 aromatic heterocycles. The van der Waals surface area contributed by atoms with Crippen LogP contribution in [0.25, 0.3) is 0 Å². The molecule has 0 bridgehead atoms. The number of urea groups is 1. The van der Waals surface area contributed by atoms with E-state index >= 15 is 0 Å². The Labute approximate surface area is 303 Å². The van der Waals surface area contributed by atoms with Gasteiger partial charge >= 0.3 is 6.03 Å². The Morgan fingerprint density at radius 1 is 1.18 bits per heavy atom. The van der Waals surface area contributed by atoms with Crippen LogP contribution in [0, 0.1) is 22.7 Å². The van der Waals surface area contributed by atoms with E-state index in [1.807, 2.05) is 49.6 Å². The lowest BCUT2D eigenvalue weighted by Gasteiger charge is -2.34. The maximum Gasteiger partial charge on any atom is 0.318 e. The maximum absolute atomic E-state index is 14.2. The number of carbonyl (C=O) groups excluding carboxylic acids is 2. The van der Waals surface area contributed by atoms with E-state index < -0.39 is 34.1 Å². The number of nitroso groups, excluding NO2 is 1. The number of ether oxygens (including phenoxy) is 1. The van der Waals surface area contributed by atoms with Gasteiger partial charge in [-0.05, 0) is 47.4 Å². The van der Waals surface area contributed by atoms with E-state index in [-0.39, 0.29) is 55.4 Å². The van der Waals surface area contributed by atoms with Crippen molar-refractivity contribution in [1.29, 1.82) is 0 Å². The fraction of sp³-hybridized carbons (Fsp3) is 0.528. The first kappa shape index (κ1) is 38.5. The van der Waals surface area contributed by atoms with E-state index in [4.69, 9.17) is 4.74 Å². The molecule has 0 radical (unpaired) electrons. The summed E-state index contributed by atoms with van der Waals surface area (Å²) in [5, 5.41) is 23.1. The summed E-state index contributed by atoms with van der Waals surface area (Å²) in [6, 6.07) is 12.5. The Morgan fingerprint density at radius 2 is 1.94 bits per heavy atom. The lowest BCUT2D eigenvalue weighted by molar-refractivity contribution is -0.129. The molecular weight excluding hydrogens is 693 g/mol. The molecule has 3 aromatic rings. The lowest BCUT2D eigenvalue weighted by atomic mass is 9.81. The van der Waals surface area contributed by atoms with E-state index in [2.05, 4.69) is 25.5 Å². The summed E-state index contributed by atoms with van der Waals surface area (Å²) < 4.78 is 35.1. The highest BCUT2D eigenvalue weighted by Gasteiger charge is 2.42. The van der Waals surface area contributed by atoms with Crippen LogP contribution in [-0.4, -0.2) is 73.7 Å². The first-order valence-electron chi connectivity index (χ1n) is 17.4. The van der Waals surface area contributed by atoms with Gasteiger partial charge in [-0.25, -0.2) is 22.9 Å². The zero-order chi connectivity index (χ0) is 36.5. The standard InChI is InChI=1S/C36H48N6O7S2/c1-23(2)34(30-18-37-36(45)42(30)20-28-22-50-33(40-28)21-49-3)35(44)41-29(16-25-8-5-4-6-9-25)31(43)19-39-51(47,48)32-13-12-26(17-38-46)15-27(32)14-24-10-7-11-24/h4-6,8-9,12-13,15,22-24,29-31,34,39,43H,7,10-11,14,16-21H2,1-3H3,(H,37,45)(H,41,44)/t29-,30?,31+,34-/m0/s1. The molecule has 5 rings (SSSR count). The number of nitrogens with one attached hydrogen (secondary N) is 3. The molecule has 4 N–H and O–H groups in total. The van der Waals surface area contributed by atoms with Crippen molar-refractivity contribution in [3.8, 4) is 0 Å². The van der Waals surface area contributed by atoms with E-state index in [1.165, 1.54) is 17.4 Å². The van der Waals surface area contributed by atoms with Crippen LogP contribution in [0.4, 0.5) is 4.79 Å². The fourth-order valence-electron chi connectivity index (χ4n) is 6.85. The second kappa shape index (κ2) is 17.6. The lowest BCUT2D eigenvalue weighted by Crippen LogP contribution is -2.54. The smallest absolute Gasteiger partial charge is 0.318 e. The number of aliphatic hydroxyl groups is 1. The second-order valence-corrected chi connectivity index (χ2v) is 16.4. The average molecular weight is 741 g/mol. The van der Waals surface area contributed by atoms with Crippen LogP contribution in [0.3, 0.4) is 0 Å². The predicted molar refractivity (Wildman–Crippen MR) is 194 cm³/mol. The zero-order valence-electron chi connectivity index (χ0n) is 29.3. The van der Waals surface area contributed by atoms with Crippen LogP contribution < -0.4 is 15.4 Å². The Morgan fingerprint density at radius 3 is 2.61 bits per heavy atom. The number of amides is 3. The molecule has 15 heteroatoms. The van der Waals surface area contributed by atoms with Gasteiger partial charge in [-0.2, -0.15) is 4.91 Å². The number of benzene rings is 2. The third kappa shape index (κ3) is 9.98. The van der Waals surface area contributed by atoms with Crippen molar-refractivity contribution in [2.45, 2.75) is 88.7 Å². The van der Waals surface area contributed by atoms with E-state index in [1.54, 1.807) is 24.1 Å². The summed E-state index contributed by atoms with van der Waals surface area (Å²) in [4.78, 5) is 44.4. The number of hydrogen-bond donors (Lipinski definition) is 4. The van der Waals surface area contributed by atoms with Gasteiger partial charge in [0.05, 0.1) is 47.8 Å². The molecule has 13 nitrogen and oxygen atoms in total. The van der Waals surface area contributed by atoms with Crippen molar-refractivity contribution >= 4 is 33.3 Å². The van der Waals surface area contributed by atoms with Gasteiger partial charge in [0.2, 0.25) is 15.9 Å². The summed E-state index contributed by atoms with van der Waals surface area (Å²) in [5.41, 5.74) is 2.81. The van der Waals surface area contributed by atoms with Gasteiger partial charge in [0, 0.05) is 25.6 Å². The monoisotopic (exact) mass is 740 g/mol. The second-order valence-electron chi connectivity index (χ2n) is 13.8. The molecule has 1 saturated carbocycles. The molecule has 1 aliphatic carbocycles. The highest BCUT2D eigenvalue weighted by atomic mass is 32.2. The minimum Gasteiger partial charge on any atom is -0.390 e. The Hall–Kier alpha value is -3.76. The number of rotatable bonds is 19. The molecule has 2 aromatic carbocycles. The van der Waals surface area contributed by atoms with Crippen LogP contribution >= 0.6 is 11.3 Å². The van der Waals surface area contributed by atoms with Gasteiger partial charge in [0.25, 0.3) is 0 Å². The van der Waals surface area contributed by atoms with Crippen LogP contribution in [0.1, 0.15) is 60.5 Å². The third-order valence-electron chi connectivity index (χ3n) is 9.73. The van der Waals surface area contributed by atoms with Crippen molar-refractivity contribution in [3.05, 3.63) is 86.2 Å². The number of hydrogen-bond acceptors (Lipinski definition) is 10. The molecule has 2 aliphatic rings. The summed E-state index contributed by atoms with van der Waals surface area (Å²) in [6.45, 7) is 4.28. The highest BCUT2D eigenvalue weighted by molar-refractivity contribution is 7.89. The van der Waals surface area contributed by atoms with Gasteiger partial charge in [-0.15, -0.1) is 11.3 Å². The van der Waals surface area contributed by atoms with Gasteiger partial charge in [-0.1, -0.05) is 80.8 Å². The molecular formula is C36H48N6O7S2. The molecule has 2 fully saturated rings. The quantitative estimate of drug-likeness (QED) is 0.133. The highest BCUT2D eigenvalue weighted by Crippen LogP contribution is 2.32. The first-order chi connectivity index (χ1) is 24.5. The maximum atomic E-state index is 14.2. The summed E-state index contributed by atoms with van der Waals surface area (Å²) in [6.07, 6.45) is 2.66. The predicted octanol–water partition coefficient (Wildman–Crippen LogP) is 4.13. The summed E-state index contributed by atoms with van der Waals surface area (Å²) in [7, 11) is -2.47. The molecule has 51 heavy (non-hydrogen) atoms. The number of methoxy groups -OCH3 is 1. The van der Waals surface area contributed by atoms with Crippen LogP contribution in [-0.2, 0) is 52.1 Å². The Kier molecular flexibility index (Phi) is 13.3. The van der Waals surface area contributed by atoms with Crippen LogP contribution in [0.5, 0.6) is 0 Å². The molecule has 1 unspecified atom stereocenters. The van der Waals surface area contributed by atoms with Gasteiger partial charge in [-0.3, -0.25) is 4.79 Å². The Bertz CT molecular complexity index is 1750. The van der Waals surface area contributed by atoms with Crippen LogP contribution in [0.2, 0.25) is 0 Å². The number of carbonyl (C=O) groups is 2. The van der Waals surface area contributed by atoms with E-state index in [0.717, 1.165) is 29.8 Å². The van der Waals surface area contributed by atoms with Crippen molar-refractivity contribution in [2.24, 2.45) is 22.9 Å². The molecule has 3 amide bonds. The average Bonchev–Trinajstić information content (AvgIpc) is 3.68. The first-order valence-corrected chi connectivity index (χ1v) is 19.7. The van der Waals surface area contributed by atoms with Gasteiger partial charge < -0.3 is 25.4 Å². The molecule has 4 atom stereocenters. The third-order valence-corrected chi connectivity index (χ3v) is 12.1. The summed E-state index contributed by atoms with van der Waals surface area (Å²) in [5.74, 6) is -0.792. The van der Waals surface area contributed by atoms with Crippen molar-refractivity contribution < 1.29 is 27.9 Å². The van der Waals surface area contributed by atoms with E-state index in [9.17, 15) is 28.0 Å². The number of thiazole rings is 1. The number of sulfonamides is 1. The van der Waals surface area contributed by atoms with Crippen molar-refractivity contribution in [1.82, 2.24) is 25.2 Å². The zero-order valence-corrected chi connectivity index (χ0v) is 30.9. The molecule has 276 valence electrons. The molecule has 1 aliphatic heterocycles. The fourth-order valence-corrected chi connectivity index (χ4v) is 8.89. The van der Waals surface area contributed by atoms with E-state index in [0.29, 0.717) is 35.8 Å².